The first-order chi connectivity index (χ1) is 14.4. The van der Waals surface area contributed by atoms with Crippen molar-refractivity contribution in [2.75, 3.05) is 0 Å². The Morgan fingerprint density at radius 2 is 1.93 bits per heavy atom. The minimum absolute atomic E-state index is 0.0249. The van der Waals surface area contributed by atoms with Gasteiger partial charge in [0.1, 0.15) is 18.0 Å². The van der Waals surface area contributed by atoms with Gasteiger partial charge in [0.25, 0.3) is 0 Å². The van der Waals surface area contributed by atoms with E-state index in [-0.39, 0.29) is 23.6 Å². The SMILES string of the molecule is O=C(OCc1cn2cc(Cl)ccc2n1)c1ccc(S(=O)(=O)NCc2ccco2)cc1. The normalized spacial score (nSPS) is 11.6. The topological polar surface area (TPSA) is 103 Å². The summed E-state index contributed by atoms with van der Waals surface area (Å²) in [5.41, 5.74) is 1.47. The number of esters is 1. The van der Waals surface area contributed by atoms with Crippen molar-refractivity contribution in [1.82, 2.24) is 14.1 Å². The van der Waals surface area contributed by atoms with Crippen LogP contribution in [0.2, 0.25) is 5.02 Å². The van der Waals surface area contributed by atoms with Crippen LogP contribution in [0.1, 0.15) is 21.8 Å². The van der Waals surface area contributed by atoms with Gasteiger partial charge in [0.05, 0.1) is 34.0 Å². The Morgan fingerprint density at radius 3 is 2.67 bits per heavy atom. The van der Waals surface area contributed by atoms with E-state index in [2.05, 4.69) is 9.71 Å². The second kappa shape index (κ2) is 8.31. The number of nitrogens with zero attached hydrogens (tertiary/aromatic N) is 2. The highest BCUT2D eigenvalue weighted by atomic mass is 35.5. The minimum Gasteiger partial charge on any atom is -0.468 e. The molecule has 4 aromatic rings. The van der Waals surface area contributed by atoms with Gasteiger partial charge in [-0.05, 0) is 48.5 Å². The molecule has 0 fully saturated rings. The van der Waals surface area contributed by atoms with Gasteiger partial charge in [0.2, 0.25) is 10.0 Å². The van der Waals surface area contributed by atoms with Crippen LogP contribution in [0, 0.1) is 0 Å². The number of benzene rings is 1. The number of nitrogens with one attached hydrogen (secondary N) is 1. The number of rotatable bonds is 7. The van der Waals surface area contributed by atoms with E-state index in [1.807, 2.05) is 0 Å². The van der Waals surface area contributed by atoms with Gasteiger partial charge in [0, 0.05) is 12.4 Å². The Morgan fingerprint density at radius 1 is 1.13 bits per heavy atom. The molecule has 0 radical (unpaired) electrons. The lowest BCUT2D eigenvalue weighted by Crippen LogP contribution is -2.23. The Hall–Kier alpha value is -3.14. The highest BCUT2D eigenvalue weighted by molar-refractivity contribution is 7.89. The van der Waals surface area contributed by atoms with Crippen molar-refractivity contribution in [2.45, 2.75) is 18.0 Å². The molecule has 0 unspecified atom stereocenters. The number of hydrogen-bond donors (Lipinski definition) is 1. The lowest BCUT2D eigenvalue weighted by Gasteiger charge is -2.07. The molecule has 0 bridgehead atoms. The van der Waals surface area contributed by atoms with Gasteiger partial charge in [-0.2, -0.15) is 0 Å². The number of sulfonamides is 1. The van der Waals surface area contributed by atoms with Crippen LogP contribution in [0.4, 0.5) is 0 Å². The van der Waals surface area contributed by atoms with Crippen LogP contribution in [-0.2, 0) is 27.9 Å². The molecule has 4 rings (SSSR count). The zero-order valence-corrected chi connectivity index (χ0v) is 17.1. The first-order valence-electron chi connectivity index (χ1n) is 8.83. The smallest absolute Gasteiger partial charge is 0.338 e. The molecule has 30 heavy (non-hydrogen) atoms. The summed E-state index contributed by atoms with van der Waals surface area (Å²) >= 11 is 5.94. The van der Waals surface area contributed by atoms with Crippen molar-refractivity contribution in [3.63, 3.8) is 0 Å². The van der Waals surface area contributed by atoms with Crippen LogP contribution >= 0.6 is 11.6 Å². The molecule has 0 amide bonds. The number of carbonyl (C=O) groups is 1. The van der Waals surface area contributed by atoms with Crippen LogP contribution in [0.25, 0.3) is 5.65 Å². The van der Waals surface area contributed by atoms with Crippen molar-refractivity contribution in [1.29, 1.82) is 0 Å². The Labute approximate surface area is 177 Å². The van der Waals surface area contributed by atoms with Crippen molar-refractivity contribution < 1.29 is 22.4 Å². The number of furan rings is 1. The molecule has 154 valence electrons. The predicted molar refractivity (Wildman–Crippen MR) is 108 cm³/mol. The Bertz CT molecular complexity index is 1280. The summed E-state index contributed by atoms with van der Waals surface area (Å²) < 4.78 is 39.2. The lowest BCUT2D eigenvalue weighted by atomic mass is 10.2. The van der Waals surface area contributed by atoms with Crippen molar-refractivity contribution >= 4 is 33.2 Å². The molecule has 3 heterocycles. The second-order valence-corrected chi connectivity index (χ2v) is 8.55. The van der Waals surface area contributed by atoms with E-state index < -0.39 is 16.0 Å². The van der Waals surface area contributed by atoms with E-state index in [4.69, 9.17) is 20.8 Å². The van der Waals surface area contributed by atoms with Gasteiger partial charge >= 0.3 is 5.97 Å². The van der Waals surface area contributed by atoms with E-state index in [1.54, 1.807) is 41.1 Å². The van der Waals surface area contributed by atoms with Crippen LogP contribution in [0.5, 0.6) is 0 Å². The zero-order chi connectivity index (χ0) is 21.1. The number of halogens is 1. The molecule has 0 aliphatic carbocycles. The number of pyridine rings is 1. The van der Waals surface area contributed by atoms with Gasteiger partial charge in [0.15, 0.2) is 0 Å². The van der Waals surface area contributed by atoms with Gasteiger partial charge in [-0.25, -0.2) is 22.9 Å². The molecule has 0 aliphatic rings. The maximum Gasteiger partial charge on any atom is 0.338 e. The highest BCUT2D eigenvalue weighted by Gasteiger charge is 2.16. The van der Waals surface area contributed by atoms with Crippen molar-refractivity contribution in [3.05, 3.63) is 89.2 Å². The average molecular weight is 446 g/mol. The molecule has 0 aliphatic heterocycles. The molecular formula is C20H16ClN3O5S. The number of hydrogen-bond acceptors (Lipinski definition) is 6. The van der Waals surface area contributed by atoms with Gasteiger partial charge in [-0.1, -0.05) is 11.6 Å². The quantitative estimate of drug-likeness (QED) is 0.437. The molecule has 1 aromatic carbocycles. The van der Waals surface area contributed by atoms with E-state index in [1.165, 1.54) is 30.5 Å². The van der Waals surface area contributed by atoms with E-state index in [0.717, 1.165) is 0 Å². The number of carbonyl (C=O) groups excluding carboxylic acids is 1. The summed E-state index contributed by atoms with van der Waals surface area (Å²) in [5.74, 6) is -0.0921. The zero-order valence-electron chi connectivity index (χ0n) is 15.5. The van der Waals surface area contributed by atoms with Crippen LogP contribution in [0.3, 0.4) is 0 Å². The van der Waals surface area contributed by atoms with Crippen LogP contribution in [-0.4, -0.2) is 23.8 Å². The third kappa shape index (κ3) is 4.54. The summed E-state index contributed by atoms with van der Waals surface area (Å²) in [4.78, 5) is 16.6. The summed E-state index contributed by atoms with van der Waals surface area (Å²) in [7, 11) is -3.74. The number of aromatic nitrogens is 2. The van der Waals surface area contributed by atoms with Crippen molar-refractivity contribution in [2.24, 2.45) is 0 Å². The molecule has 0 spiro atoms. The van der Waals surface area contributed by atoms with Crippen LogP contribution in [0.15, 0.2) is 76.5 Å². The molecule has 3 aromatic heterocycles. The van der Waals surface area contributed by atoms with Gasteiger partial charge in [-0.3, -0.25) is 0 Å². The second-order valence-electron chi connectivity index (χ2n) is 6.35. The molecule has 0 saturated carbocycles. The predicted octanol–water partition coefficient (Wildman–Crippen LogP) is 3.42. The Balaban J connectivity index is 1.38. The van der Waals surface area contributed by atoms with Gasteiger partial charge in [-0.15, -0.1) is 0 Å². The number of ether oxygens (including phenoxy) is 1. The van der Waals surface area contributed by atoms with E-state index >= 15 is 0 Å². The summed E-state index contributed by atoms with van der Waals surface area (Å²) in [6.45, 7) is 0.00619. The maximum absolute atomic E-state index is 12.3. The first-order valence-corrected chi connectivity index (χ1v) is 10.7. The molecule has 1 N–H and O–H groups in total. The standard InChI is InChI=1S/C20H16ClN3O5S/c21-15-5-8-19-23-16(12-24(19)11-15)13-29-20(25)14-3-6-18(7-4-14)30(26,27)22-10-17-2-1-9-28-17/h1-9,11-12,22H,10,13H2. The van der Waals surface area contributed by atoms with Crippen molar-refractivity contribution in [3.8, 4) is 0 Å². The molecule has 0 saturated heterocycles. The fourth-order valence-corrected chi connectivity index (χ4v) is 3.90. The van der Waals surface area contributed by atoms with Gasteiger partial charge < -0.3 is 13.6 Å². The third-order valence-corrected chi connectivity index (χ3v) is 5.87. The number of imidazole rings is 1. The third-order valence-electron chi connectivity index (χ3n) is 4.23. The largest absolute Gasteiger partial charge is 0.468 e. The van der Waals surface area contributed by atoms with Crippen LogP contribution < -0.4 is 4.72 Å². The first kappa shape index (κ1) is 20.1. The minimum atomic E-state index is -3.74. The number of fused-ring (bicyclic) bond motifs is 1. The molecular weight excluding hydrogens is 430 g/mol. The molecule has 10 heteroatoms. The summed E-state index contributed by atoms with van der Waals surface area (Å²) in [5, 5.41) is 0.567. The van der Waals surface area contributed by atoms with E-state index in [9.17, 15) is 13.2 Å². The fraction of sp³-hybridized carbons (Fsp3) is 0.100. The molecule has 8 nitrogen and oxygen atoms in total. The van der Waals surface area contributed by atoms with E-state index in [0.29, 0.717) is 22.1 Å². The Kier molecular flexibility index (Phi) is 5.58. The summed E-state index contributed by atoms with van der Waals surface area (Å²) in [6, 6.07) is 12.3. The lowest BCUT2D eigenvalue weighted by molar-refractivity contribution is 0.0468. The summed E-state index contributed by atoms with van der Waals surface area (Å²) in [6.07, 6.45) is 4.88. The highest BCUT2D eigenvalue weighted by Crippen LogP contribution is 2.15. The fourth-order valence-electron chi connectivity index (χ4n) is 2.74. The molecule has 0 atom stereocenters. The average Bonchev–Trinajstić information content (AvgIpc) is 3.40. The maximum atomic E-state index is 12.3. The monoisotopic (exact) mass is 445 g/mol.